The second kappa shape index (κ2) is 7.97. The molecule has 140 valence electrons. The van der Waals surface area contributed by atoms with Crippen LogP contribution in [0, 0.1) is 13.8 Å². The van der Waals surface area contributed by atoms with Gasteiger partial charge in [0.2, 0.25) is 15.9 Å². The van der Waals surface area contributed by atoms with E-state index in [0.717, 1.165) is 21.7 Å². The van der Waals surface area contributed by atoms with E-state index in [1.54, 1.807) is 24.3 Å². The van der Waals surface area contributed by atoms with Crippen molar-refractivity contribution in [3.63, 3.8) is 0 Å². The smallest absolute Gasteiger partial charge is 0.245 e. The lowest BCUT2D eigenvalue weighted by Gasteiger charge is -2.22. The van der Waals surface area contributed by atoms with E-state index in [9.17, 15) is 13.2 Å². The zero-order valence-electron chi connectivity index (χ0n) is 15.0. The number of hydrogen-bond donors (Lipinski definition) is 1. The topological polar surface area (TPSA) is 75.7 Å². The first kappa shape index (κ1) is 20.1. The van der Waals surface area contributed by atoms with Crippen LogP contribution in [0.25, 0.3) is 0 Å². The first-order valence-electron chi connectivity index (χ1n) is 7.80. The fraction of sp³-hybridized carbons (Fsp3) is 0.278. The Bertz CT molecular complexity index is 929. The van der Waals surface area contributed by atoms with Gasteiger partial charge in [-0.15, -0.1) is 0 Å². The highest BCUT2D eigenvalue weighted by Gasteiger charge is 2.22. The van der Waals surface area contributed by atoms with Crippen molar-refractivity contribution < 1.29 is 17.9 Å². The molecule has 1 N–H and O–H groups in total. The minimum Gasteiger partial charge on any atom is -0.495 e. The molecule has 8 heteroatoms. The Balaban J connectivity index is 2.28. The zero-order chi connectivity index (χ0) is 19.5. The average Bonchev–Trinajstić information content (AvgIpc) is 2.54. The van der Waals surface area contributed by atoms with Gasteiger partial charge in [0, 0.05) is 5.02 Å². The van der Waals surface area contributed by atoms with Crippen LogP contribution in [0.1, 0.15) is 11.1 Å². The number of hydrogen-bond acceptors (Lipinski definition) is 4. The maximum absolute atomic E-state index is 12.5. The molecule has 2 rings (SSSR count). The molecule has 0 saturated heterocycles. The number of aryl methyl sites for hydroxylation is 2. The number of nitrogens with one attached hydrogen (secondary N) is 1. The van der Waals surface area contributed by atoms with Gasteiger partial charge in [-0.2, -0.15) is 0 Å². The molecule has 2 aromatic rings. The van der Waals surface area contributed by atoms with Gasteiger partial charge in [0.1, 0.15) is 12.3 Å². The van der Waals surface area contributed by atoms with Gasteiger partial charge in [0.25, 0.3) is 0 Å². The normalized spacial score (nSPS) is 11.1. The lowest BCUT2D eigenvalue weighted by atomic mass is 10.2. The highest BCUT2D eigenvalue weighted by atomic mass is 35.5. The van der Waals surface area contributed by atoms with E-state index in [0.29, 0.717) is 22.1 Å². The minimum absolute atomic E-state index is 0.328. The number of benzene rings is 2. The molecule has 0 bridgehead atoms. The van der Waals surface area contributed by atoms with E-state index in [1.165, 1.54) is 13.2 Å². The number of sulfonamides is 1. The molecule has 0 fully saturated rings. The maximum Gasteiger partial charge on any atom is 0.245 e. The van der Waals surface area contributed by atoms with Crippen LogP contribution in [0.4, 0.5) is 11.4 Å². The Morgan fingerprint density at radius 1 is 1.19 bits per heavy atom. The molecule has 0 aliphatic carbocycles. The SMILES string of the molecule is COc1ccc(C)cc1NC(=O)CN(c1ccc(C)c(Cl)c1)S(C)(=O)=O. The monoisotopic (exact) mass is 396 g/mol. The molecule has 0 unspecified atom stereocenters. The summed E-state index contributed by atoms with van der Waals surface area (Å²) in [5.74, 6) is 0.00394. The van der Waals surface area contributed by atoms with Crippen LogP contribution in [0.15, 0.2) is 36.4 Å². The number of amides is 1. The lowest BCUT2D eigenvalue weighted by molar-refractivity contribution is -0.114. The number of halogens is 1. The summed E-state index contributed by atoms with van der Waals surface area (Å²) < 4.78 is 30.6. The van der Waals surface area contributed by atoms with Gasteiger partial charge in [-0.1, -0.05) is 23.7 Å². The molecule has 0 radical (unpaired) electrons. The van der Waals surface area contributed by atoms with Crippen LogP contribution < -0.4 is 14.4 Å². The van der Waals surface area contributed by atoms with Gasteiger partial charge in [-0.3, -0.25) is 9.10 Å². The number of nitrogens with zero attached hydrogens (tertiary/aromatic N) is 1. The summed E-state index contributed by atoms with van der Waals surface area (Å²) in [6, 6.07) is 10.2. The van der Waals surface area contributed by atoms with Crippen molar-refractivity contribution in [3.05, 3.63) is 52.5 Å². The van der Waals surface area contributed by atoms with Crippen LogP contribution in [0.5, 0.6) is 5.75 Å². The Morgan fingerprint density at radius 3 is 2.46 bits per heavy atom. The molecule has 26 heavy (non-hydrogen) atoms. The molecule has 0 atom stereocenters. The van der Waals surface area contributed by atoms with Crippen molar-refractivity contribution in [2.75, 3.05) is 29.5 Å². The fourth-order valence-corrected chi connectivity index (χ4v) is 3.40. The van der Waals surface area contributed by atoms with Crippen LogP contribution in [-0.2, 0) is 14.8 Å². The second-order valence-corrected chi connectivity index (χ2v) is 8.27. The van der Waals surface area contributed by atoms with E-state index >= 15 is 0 Å². The molecule has 6 nitrogen and oxygen atoms in total. The Hall–Kier alpha value is -2.25. The van der Waals surface area contributed by atoms with Crippen LogP contribution in [0.3, 0.4) is 0 Å². The predicted octanol–water partition coefficient (Wildman–Crippen LogP) is 3.37. The molecule has 0 aliphatic rings. The van der Waals surface area contributed by atoms with Gasteiger partial charge in [-0.25, -0.2) is 8.42 Å². The van der Waals surface area contributed by atoms with Crippen molar-refractivity contribution in [2.24, 2.45) is 0 Å². The Kier molecular flexibility index (Phi) is 6.15. The third-order valence-electron chi connectivity index (χ3n) is 3.76. The van der Waals surface area contributed by atoms with Gasteiger partial charge in [0.05, 0.1) is 24.7 Å². The Morgan fingerprint density at radius 2 is 1.88 bits per heavy atom. The molecular formula is C18H21ClN2O4S. The summed E-state index contributed by atoms with van der Waals surface area (Å²) in [5.41, 5.74) is 2.56. The summed E-state index contributed by atoms with van der Waals surface area (Å²) in [6.07, 6.45) is 1.04. The summed E-state index contributed by atoms with van der Waals surface area (Å²) >= 11 is 6.09. The van der Waals surface area contributed by atoms with Gasteiger partial charge in [0.15, 0.2) is 0 Å². The largest absolute Gasteiger partial charge is 0.495 e. The molecule has 0 heterocycles. The highest BCUT2D eigenvalue weighted by molar-refractivity contribution is 7.92. The summed E-state index contributed by atoms with van der Waals surface area (Å²) in [7, 11) is -2.18. The molecule has 2 aromatic carbocycles. The van der Waals surface area contributed by atoms with Gasteiger partial charge in [-0.05, 0) is 49.2 Å². The van der Waals surface area contributed by atoms with Crippen molar-refractivity contribution in [1.82, 2.24) is 0 Å². The fourth-order valence-electron chi connectivity index (χ4n) is 2.38. The van der Waals surface area contributed by atoms with E-state index in [-0.39, 0.29) is 6.54 Å². The third kappa shape index (κ3) is 4.89. The highest BCUT2D eigenvalue weighted by Crippen LogP contribution is 2.27. The minimum atomic E-state index is -3.68. The van der Waals surface area contributed by atoms with E-state index in [1.807, 2.05) is 19.9 Å². The molecule has 0 aromatic heterocycles. The van der Waals surface area contributed by atoms with Crippen molar-refractivity contribution in [2.45, 2.75) is 13.8 Å². The lowest BCUT2D eigenvalue weighted by Crippen LogP contribution is -2.37. The van der Waals surface area contributed by atoms with Crippen LogP contribution in [0.2, 0.25) is 5.02 Å². The number of anilines is 2. The molecule has 0 aliphatic heterocycles. The Labute approximate surface area is 158 Å². The summed E-state index contributed by atoms with van der Waals surface area (Å²) in [5, 5.41) is 3.13. The number of ether oxygens (including phenoxy) is 1. The number of carbonyl (C=O) groups is 1. The first-order valence-corrected chi connectivity index (χ1v) is 10.0. The molecule has 1 amide bonds. The van der Waals surface area contributed by atoms with Crippen molar-refractivity contribution >= 4 is 38.9 Å². The van der Waals surface area contributed by atoms with E-state index < -0.39 is 15.9 Å². The molecular weight excluding hydrogens is 376 g/mol. The standard InChI is InChI=1S/C18H21ClN2O4S/c1-12-5-8-17(25-3)16(9-12)20-18(22)11-21(26(4,23)24)14-7-6-13(2)15(19)10-14/h5-10H,11H2,1-4H3,(H,20,22). The number of carbonyl (C=O) groups excluding carboxylic acids is 1. The number of methoxy groups -OCH3 is 1. The van der Waals surface area contributed by atoms with E-state index in [4.69, 9.17) is 16.3 Å². The molecule has 0 saturated carbocycles. The number of rotatable bonds is 6. The summed E-state index contributed by atoms with van der Waals surface area (Å²) in [6.45, 7) is 3.31. The molecule has 0 spiro atoms. The maximum atomic E-state index is 12.5. The van der Waals surface area contributed by atoms with Gasteiger partial charge >= 0.3 is 0 Å². The van der Waals surface area contributed by atoms with Crippen LogP contribution >= 0.6 is 11.6 Å². The predicted molar refractivity (Wildman–Crippen MR) is 105 cm³/mol. The first-order chi connectivity index (χ1) is 12.1. The summed E-state index contributed by atoms with van der Waals surface area (Å²) in [4.78, 5) is 12.5. The quantitative estimate of drug-likeness (QED) is 0.812. The van der Waals surface area contributed by atoms with E-state index in [2.05, 4.69) is 5.32 Å². The third-order valence-corrected chi connectivity index (χ3v) is 5.31. The van der Waals surface area contributed by atoms with Crippen molar-refractivity contribution in [3.8, 4) is 5.75 Å². The zero-order valence-corrected chi connectivity index (χ0v) is 16.6. The van der Waals surface area contributed by atoms with Crippen LogP contribution in [-0.4, -0.2) is 34.2 Å². The second-order valence-electron chi connectivity index (χ2n) is 5.96. The average molecular weight is 397 g/mol. The van der Waals surface area contributed by atoms with Crippen molar-refractivity contribution in [1.29, 1.82) is 0 Å². The van der Waals surface area contributed by atoms with Gasteiger partial charge < -0.3 is 10.1 Å².